The summed E-state index contributed by atoms with van der Waals surface area (Å²) in [5.41, 5.74) is 11.4. The van der Waals surface area contributed by atoms with Gasteiger partial charge in [-0.05, 0) is 12.8 Å². The molecule has 0 radical (unpaired) electrons. The van der Waals surface area contributed by atoms with Crippen molar-refractivity contribution in [3.05, 3.63) is 12.7 Å². The zero-order chi connectivity index (χ0) is 25.6. The van der Waals surface area contributed by atoms with Crippen LogP contribution in [0, 0.1) is 0 Å². The average Bonchev–Trinajstić information content (AvgIpc) is 3.28. The van der Waals surface area contributed by atoms with Crippen LogP contribution in [0.3, 0.4) is 0 Å². The van der Waals surface area contributed by atoms with Gasteiger partial charge < -0.3 is 46.4 Å². The standard InChI is InChI=1S/C10H14N5O7P.C6H11NO4/c11-8-5-9(13-2-12-8)15(3-14-5)10-7(17)6(16)4(22-10)1-21-23(18,19)20;7-4(6(10)11)2-1-3-5(8)9/h2-4,6-7,10,16-17H,1H2,(H2,11,12,13)(H2,18,19,20);4H,1-3,7H2,(H,8,9)(H,10,11)/t4-,6-,7-,10-;/m1./s1. The van der Waals surface area contributed by atoms with E-state index < -0.39 is 56.9 Å². The molecule has 0 amide bonds. The maximum atomic E-state index is 10.7. The molecule has 3 rings (SSSR count). The van der Waals surface area contributed by atoms with Crippen LogP contribution in [0.25, 0.3) is 11.2 Å². The second kappa shape index (κ2) is 11.6. The summed E-state index contributed by atoms with van der Waals surface area (Å²) in [5.74, 6) is -1.87. The van der Waals surface area contributed by atoms with Crippen LogP contribution in [0.4, 0.5) is 5.82 Å². The van der Waals surface area contributed by atoms with Crippen LogP contribution in [-0.2, 0) is 23.4 Å². The largest absolute Gasteiger partial charge is 0.481 e. The minimum atomic E-state index is -4.72. The first kappa shape index (κ1) is 27.5. The van der Waals surface area contributed by atoms with E-state index in [2.05, 4.69) is 19.5 Å². The number of carbonyl (C=O) groups is 2. The van der Waals surface area contributed by atoms with Crippen LogP contribution in [0.2, 0.25) is 0 Å². The number of hydrogen-bond donors (Lipinski definition) is 8. The number of nitrogens with zero attached hydrogens (tertiary/aromatic N) is 4. The Labute approximate surface area is 191 Å². The molecular formula is C16H25N6O11P. The van der Waals surface area contributed by atoms with Crippen LogP contribution < -0.4 is 11.5 Å². The number of aromatic nitrogens is 4. The molecule has 190 valence electrons. The van der Waals surface area contributed by atoms with Crippen molar-refractivity contribution < 1.29 is 53.6 Å². The van der Waals surface area contributed by atoms with E-state index in [1.807, 2.05) is 0 Å². The van der Waals surface area contributed by atoms with Gasteiger partial charge in [-0.25, -0.2) is 19.5 Å². The highest BCUT2D eigenvalue weighted by Gasteiger charge is 2.45. The molecule has 17 nitrogen and oxygen atoms in total. The average molecular weight is 508 g/mol. The third-order valence-corrected chi connectivity index (χ3v) is 5.11. The lowest BCUT2D eigenvalue weighted by Crippen LogP contribution is -2.33. The fourth-order valence-corrected chi connectivity index (χ4v) is 3.26. The third-order valence-electron chi connectivity index (χ3n) is 4.63. The van der Waals surface area contributed by atoms with Gasteiger partial charge in [0.25, 0.3) is 0 Å². The van der Waals surface area contributed by atoms with E-state index >= 15 is 0 Å². The Hall–Kier alpha value is -2.76. The number of phosphoric acid groups is 1. The van der Waals surface area contributed by atoms with Crippen LogP contribution >= 0.6 is 7.82 Å². The van der Waals surface area contributed by atoms with Crippen molar-refractivity contribution in [2.24, 2.45) is 5.73 Å². The maximum absolute atomic E-state index is 10.7. The minimum absolute atomic E-state index is 0.0268. The fraction of sp³-hybridized carbons (Fsp3) is 0.562. The Morgan fingerprint density at radius 3 is 2.47 bits per heavy atom. The second-order valence-electron chi connectivity index (χ2n) is 7.15. The monoisotopic (exact) mass is 508 g/mol. The Morgan fingerprint density at radius 1 is 1.21 bits per heavy atom. The molecule has 0 saturated carbocycles. The lowest BCUT2D eigenvalue weighted by atomic mass is 10.1. The molecule has 2 aromatic heterocycles. The van der Waals surface area contributed by atoms with Crippen molar-refractivity contribution in [1.82, 2.24) is 19.5 Å². The number of carboxylic acids is 2. The molecule has 1 saturated heterocycles. The highest BCUT2D eigenvalue weighted by atomic mass is 31.2. The quantitative estimate of drug-likeness (QED) is 0.167. The number of ether oxygens (including phenoxy) is 1. The third kappa shape index (κ3) is 7.37. The summed E-state index contributed by atoms with van der Waals surface area (Å²) in [6.07, 6.45) is -2.00. The number of nitrogen functional groups attached to an aromatic ring is 1. The summed E-state index contributed by atoms with van der Waals surface area (Å²) >= 11 is 0. The summed E-state index contributed by atoms with van der Waals surface area (Å²) < 4.78 is 21.8. The van der Waals surface area contributed by atoms with E-state index in [-0.39, 0.29) is 24.3 Å². The smallest absolute Gasteiger partial charge is 0.469 e. The minimum Gasteiger partial charge on any atom is -0.481 e. The van der Waals surface area contributed by atoms with Gasteiger partial charge in [0.15, 0.2) is 17.7 Å². The van der Waals surface area contributed by atoms with Crippen molar-refractivity contribution in [2.75, 3.05) is 12.3 Å². The molecule has 0 aliphatic carbocycles. The van der Waals surface area contributed by atoms with E-state index in [4.69, 9.17) is 36.2 Å². The second-order valence-corrected chi connectivity index (χ2v) is 8.39. The number of anilines is 1. The Kier molecular flexibility index (Phi) is 9.37. The van der Waals surface area contributed by atoms with Gasteiger partial charge in [0.05, 0.1) is 12.9 Å². The van der Waals surface area contributed by atoms with Gasteiger partial charge >= 0.3 is 19.8 Å². The molecule has 0 bridgehead atoms. The summed E-state index contributed by atoms with van der Waals surface area (Å²) in [4.78, 5) is 49.3. The van der Waals surface area contributed by atoms with Crippen molar-refractivity contribution in [1.29, 1.82) is 0 Å². The topological polar surface area (TPSA) is 287 Å². The van der Waals surface area contributed by atoms with Gasteiger partial charge in [0, 0.05) is 6.42 Å². The first-order chi connectivity index (χ1) is 15.8. The normalized spacial score (nSPS) is 23.3. The van der Waals surface area contributed by atoms with E-state index in [0.717, 1.165) is 0 Å². The van der Waals surface area contributed by atoms with Crippen molar-refractivity contribution in [2.45, 2.75) is 49.8 Å². The molecule has 5 atom stereocenters. The van der Waals surface area contributed by atoms with Crippen LogP contribution in [0.15, 0.2) is 12.7 Å². The van der Waals surface area contributed by atoms with E-state index in [1.54, 1.807) is 0 Å². The molecule has 0 aromatic carbocycles. The summed E-state index contributed by atoms with van der Waals surface area (Å²) in [5, 5.41) is 36.5. The van der Waals surface area contributed by atoms with E-state index in [0.29, 0.717) is 11.9 Å². The van der Waals surface area contributed by atoms with Gasteiger partial charge in [-0.2, -0.15) is 0 Å². The SMILES string of the molecule is NC(CCCC(=O)O)C(=O)O.Nc1ncnc2c1ncn2[C@@H]1O[C@H](COP(=O)(O)O)[C@@H](O)[C@H]1O. The molecule has 10 N–H and O–H groups in total. The van der Waals surface area contributed by atoms with Gasteiger partial charge in [-0.1, -0.05) is 0 Å². The predicted octanol–water partition coefficient (Wildman–Crippen LogP) is -2.21. The molecule has 1 aliphatic heterocycles. The predicted molar refractivity (Wildman–Crippen MR) is 111 cm³/mol. The maximum Gasteiger partial charge on any atom is 0.469 e. The number of fused-ring (bicyclic) bond motifs is 1. The molecule has 1 aliphatic rings. The number of aliphatic carboxylic acids is 2. The zero-order valence-corrected chi connectivity index (χ0v) is 18.4. The summed E-state index contributed by atoms with van der Waals surface area (Å²) in [7, 11) is -4.72. The molecule has 3 heterocycles. The number of phosphoric ester groups is 1. The van der Waals surface area contributed by atoms with Gasteiger partial charge in [0.2, 0.25) is 0 Å². The molecule has 1 fully saturated rings. The number of aliphatic hydroxyl groups is 2. The highest BCUT2D eigenvalue weighted by Crippen LogP contribution is 2.38. The highest BCUT2D eigenvalue weighted by molar-refractivity contribution is 7.46. The fourth-order valence-electron chi connectivity index (χ4n) is 2.92. The number of aliphatic hydroxyl groups excluding tert-OH is 2. The molecular weight excluding hydrogens is 483 g/mol. The number of imidazole rings is 1. The lowest BCUT2D eigenvalue weighted by molar-refractivity contribution is -0.140. The van der Waals surface area contributed by atoms with Gasteiger partial charge in [0.1, 0.15) is 36.2 Å². The Morgan fingerprint density at radius 2 is 1.88 bits per heavy atom. The molecule has 34 heavy (non-hydrogen) atoms. The van der Waals surface area contributed by atoms with Crippen molar-refractivity contribution >= 4 is 36.7 Å². The van der Waals surface area contributed by atoms with Crippen molar-refractivity contribution in [3.8, 4) is 0 Å². The van der Waals surface area contributed by atoms with E-state index in [9.17, 15) is 24.4 Å². The first-order valence-corrected chi connectivity index (χ1v) is 11.2. The molecule has 1 unspecified atom stereocenters. The summed E-state index contributed by atoms with van der Waals surface area (Å²) in [6.45, 7) is -0.594. The van der Waals surface area contributed by atoms with E-state index in [1.165, 1.54) is 17.2 Å². The zero-order valence-electron chi connectivity index (χ0n) is 17.5. The number of carboxylic acid groups (broad SMARTS) is 2. The first-order valence-electron chi connectivity index (χ1n) is 9.66. The van der Waals surface area contributed by atoms with Crippen molar-refractivity contribution in [3.63, 3.8) is 0 Å². The van der Waals surface area contributed by atoms with Gasteiger partial charge in [-0.3, -0.25) is 18.7 Å². The lowest BCUT2D eigenvalue weighted by Gasteiger charge is -2.16. The van der Waals surface area contributed by atoms with Crippen LogP contribution in [0.5, 0.6) is 0 Å². The molecule has 0 spiro atoms. The Bertz CT molecular complexity index is 1050. The number of nitrogens with two attached hydrogens (primary N) is 2. The Balaban J connectivity index is 0.000000316. The van der Waals surface area contributed by atoms with Crippen LogP contribution in [-0.4, -0.2) is 92.6 Å². The van der Waals surface area contributed by atoms with Crippen LogP contribution in [0.1, 0.15) is 25.5 Å². The van der Waals surface area contributed by atoms with Gasteiger partial charge in [-0.15, -0.1) is 0 Å². The number of hydrogen-bond acceptors (Lipinski definition) is 12. The number of rotatable bonds is 9. The molecule has 2 aromatic rings. The molecule has 18 heteroatoms. The summed E-state index contributed by atoms with van der Waals surface area (Å²) in [6, 6.07) is -0.936.